The SMILES string of the molecule is CN(C)c1ccc(CN(CC2CCCO2)C(=O)/C=C/c2ccc(Cl)cc2Cl)cc1. The number of anilines is 1. The normalized spacial score (nSPS) is 16.3. The molecule has 0 N–H and O–H groups in total. The van der Waals surface area contributed by atoms with Crippen LogP contribution in [0.15, 0.2) is 48.5 Å². The summed E-state index contributed by atoms with van der Waals surface area (Å²) < 4.78 is 5.76. The summed E-state index contributed by atoms with van der Waals surface area (Å²) in [6.07, 6.45) is 5.42. The molecule has 2 aromatic rings. The maximum atomic E-state index is 13.0. The van der Waals surface area contributed by atoms with Gasteiger partial charge in [-0.3, -0.25) is 4.79 Å². The minimum Gasteiger partial charge on any atom is -0.378 e. The molecule has 1 fully saturated rings. The highest BCUT2D eigenvalue weighted by molar-refractivity contribution is 6.35. The van der Waals surface area contributed by atoms with Crippen LogP contribution < -0.4 is 4.90 Å². The van der Waals surface area contributed by atoms with Gasteiger partial charge in [0.1, 0.15) is 0 Å². The van der Waals surface area contributed by atoms with Gasteiger partial charge in [-0.25, -0.2) is 0 Å². The fourth-order valence-electron chi connectivity index (χ4n) is 3.29. The second kappa shape index (κ2) is 10.1. The molecule has 1 aliphatic heterocycles. The topological polar surface area (TPSA) is 32.8 Å². The Morgan fingerprint density at radius 3 is 2.55 bits per heavy atom. The molecule has 3 rings (SSSR count). The quantitative estimate of drug-likeness (QED) is 0.557. The summed E-state index contributed by atoms with van der Waals surface area (Å²) in [6.45, 7) is 1.87. The lowest BCUT2D eigenvalue weighted by Gasteiger charge is -2.25. The average molecular weight is 433 g/mol. The van der Waals surface area contributed by atoms with Gasteiger partial charge >= 0.3 is 0 Å². The van der Waals surface area contributed by atoms with E-state index < -0.39 is 0 Å². The molecule has 0 radical (unpaired) electrons. The zero-order valence-corrected chi connectivity index (χ0v) is 18.3. The van der Waals surface area contributed by atoms with E-state index in [9.17, 15) is 4.79 Å². The Hall–Kier alpha value is -2.01. The largest absolute Gasteiger partial charge is 0.378 e. The fraction of sp³-hybridized carbons (Fsp3) is 0.348. The van der Waals surface area contributed by atoms with E-state index in [1.807, 2.05) is 19.0 Å². The van der Waals surface area contributed by atoms with Gasteiger partial charge in [-0.2, -0.15) is 0 Å². The van der Waals surface area contributed by atoms with Gasteiger partial charge < -0.3 is 14.5 Å². The van der Waals surface area contributed by atoms with Crippen molar-refractivity contribution in [1.29, 1.82) is 0 Å². The lowest BCUT2D eigenvalue weighted by molar-refractivity contribution is -0.128. The predicted octanol–water partition coefficient (Wildman–Crippen LogP) is 5.28. The molecule has 1 atom stereocenters. The number of benzene rings is 2. The van der Waals surface area contributed by atoms with E-state index in [1.165, 1.54) is 0 Å². The summed E-state index contributed by atoms with van der Waals surface area (Å²) in [5.74, 6) is -0.0665. The molecule has 0 aliphatic carbocycles. The number of carbonyl (C=O) groups excluding carboxylic acids is 1. The van der Waals surface area contributed by atoms with Crippen LogP contribution in [0, 0.1) is 0 Å². The second-order valence-corrected chi connectivity index (χ2v) is 8.26. The van der Waals surface area contributed by atoms with Crippen LogP contribution in [0.5, 0.6) is 0 Å². The number of ether oxygens (including phenoxy) is 1. The van der Waals surface area contributed by atoms with Crippen molar-refractivity contribution < 1.29 is 9.53 Å². The molecule has 0 spiro atoms. The molecule has 154 valence electrons. The maximum Gasteiger partial charge on any atom is 0.246 e. The van der Waals surface area contributed by atoms with Gasteiger partial charge in [-0.1, -0.05) is 41.4 Å². The first-order valence-electron chi connectivity index (χ1n) is 9.72. The van der Waals surface area contributed by atoms with Gasteiger partial charge in [0.25, 0.3) is 0 Å². The lowest BCUT2D eigenvalue weighted by Crippen LogP contribution is -2.35. The Kier molecular flexibility index (Phi) is 7.59. The van der Waals surface area contributed by atoms with Crippen molar-refractivity contribution >= 4 is 40.9 Å². The van der Waals surface area contributed by atoms with Crippen LogP contribution in [0.2, 0.25) is 10.0 Å². The Bertz CT molecular complexity index is 860. The molecule has 29 heavy (non-hydrogen) atoms. The highest BCUT2D eigenvalue weighted by Crippen LogP contribution is 2.23. The van der Waals surface area contributed by atoms with Crippen LogP contribution in [0.25, 0.3) is 6.08 Å². The molecule has 1 heterocycles. The number of hydrogen-bond donors (Lipinski definition) is 0. The van der Waals surface area contributed by atoms with E-state index in [0.717, 1.165) is 36.3 Å². The van der Waals surface area contributed by atoms with Gasteiger partial charge in [0, 0.05) is 55.6 Å². The van der Waals surface area contributed by atoms with Gasteiger partial charge in [0.15, 0.2) is 0 Å². The van der Waals surface area contributed by atoms with E-state index >= 15 is 0 Å². The first kappa shape index (κ1) is 21.7. The zero-order chi connectivity index (χ0) is 20.8. The number of rotatable bonds is 7. The van der Waals surface area contributed by atoms with Crippen molar-refractivity contribution in [2.75, 3.05) is 32.1 Å². The molecule has 1 saturated heterocycles. The van der Waals surface area contributed by atoms with E-state index in [1.54, 1.807) is 30.4 Å². The van der Waals surface area contributed by atoms with Crippen molar-refractivity contribution in [3.8, 4) is 0 Å². The monoisotopic (exact) mass is 432 g/mol. The van der Waals surface area contributed by atoms with Crippen LogP contribution in [-0.4, -0.2) is 44.2 Å². The molecule has 6 heteroatoms. The first-order valence-corrected chi connectivity index (χ1v) is 10.5. The standard InChI is InChI=1S/C23H26Cl2N2O2/c1-26(2)20-10-5-17(6-11-20)15-27(16-21-4-3-13-29-21)23(28)12-8-18-7-9-19(24)14-22(18)25/h5-12,14,21H,3-4,13,15-16H2,1-2H3/b12-8+. The molecule has 2 aromatic carbocycles. The maximum absolute atomic E-state index is 13.0. The van der Waals surface area contributed by atoms with Gasteiger partial charge in [-0.15, -0.1) is 0 Å². The number of halogens is 2. The summed E-state index contributed by atoms with van der Waals surface area (Å²) in [5, 5.41) is 1.09. The summed E-state index contributed by atoms with van der Waals surface area (Å²) in [4.78, 5) is 16.9. The smallest absolute Gasteiger partial charge is 0.246 e. The fourth-order valence-corrected chi connectivity index (χ4v) is 3.76. The molecule has 0 bridgehead atoms. The summed E-state index contributed by atoms with van der Waals surface area (Å²) >= 11 is 12.2. The predicted molar refractivity (Wildman–Crippen MR) is 121 cm³/mol. The van der Waals surface area contributed by atoms with Crippen molar-refractivity contribution in [3.05, 3.63) is 69.7 Å². The van der Waals surface area contributed by atoms with Crippen molar-refractivity contribution in [3.63, 3.8) is 0 Å². The number of carbonyl (C=O) groups is 1. The Labute approximate surface area is 182 Å². The summed E-state index contributed by atoms with van der Waals surface area (Å²) in [5.41, 5.74) is 2.97. The Morgan fingerprint density at radius 2 is 1.93 bits per heavy atom. The van der Waals surface area contributed by atoms with E-state index in [0.29, 0.717) is 23.1 Å². The highest BCUT2D eigenvalue weighted by atomic mass is 35.5. The number of nitrogens with zero attached hydrogens (tertiary/aromatic N) is 2. The third-order valence-electron chi connectivity index (χ3n) is 4.95. The van der Waals surface area contributed by atoms with E-state index in [4.69, 9.17) is 27.9 Å². The molecule has 1 aliphatic rings. The van der Waals surface area contributed by atoms with Crippen LogP contribution in [0.3, 0.4) is 0 Å². The van der Waals surface area contributed by atoms with Crippen LogP contribution in [0.1, 0.15) is 24.0 Å². The molecule has 4 nitrogen and oxygen atoms in total. The van der Waals surface area contributed by atoms with Crippen molar-refractivity contribution in [1.82, 2.24) is 4.90 Å². The minimum absolute atomic E-state index is 0.0665. The second-order valence-electron chi connectivity index (χ2n) is 7.41. The van der Waals surface area contributed by atoms with Crippen LogP contribution in [-0.2, 0) is 16.1 Å². The van der Waals surface area contributed by atoms with Crippen LogP contribution >= 0.6 is 23.2 Å². The number of hydrogen-bond acceptors (Lipinski definition) is 3. The molecule has 0 saturated carbocycles. The van der Waals surface area contributed by atoms with Gasteiger partial charge in [0.2, 0.25) is 5.91 Å². The summed E-state index contributed by atoms with van der Waals surface area (Å²) in [6, 6.07) is 13.5. The molecule has 1 amide bonds. The third-order valence-corrected chi connectivity index (χ3v) is 5.52. The van der Waals surface area contributed by atoms with E-state index in [-0.39, 0.29) is 12.0 Å². The first-order chi connectivity index (χ1) is 13.9. The lowest BCUT2D eigenvalue weighted by atomic mass is 10.1. The molecular weight excluding hydrogens is 407 g/mol. The third kappa shape index (κ3) is 6.23. The highest BCUT2D eigenvalue weighted by Gasteiger charge is 2.21. The van der Waals surface area contributed by atoms with Crippen molar-refractivity contribution in [2.24, 2.45) is 0 Å². The van der Waals surface area contributed by atoms with Gasteiger partial charge in [-0.05, 0) is 54.3 Å². The van der Waals surface area contributed by atoms with E-state index in [2.05, 4.69) is 29.2 Å². The van der Waals surface area contributed by atoms with Crippen molar-refractivity contribution in [2.45, 2.75) is 25.5 Å². The molecular formula is C23H26Cl2N2O2. The number of amides is 1. The minimum atomic E-state index is -0.0665. The average Bonchev–Trinajstić information content (AvgIpc) is 3.20. The Balaban J connectivity index is 1.74. The molecule has 1 unspecified atom stereocenters. The van der Waals surface area contributed by atoms with Gasteiger partial charge in [0.05, 0.1) is 6.10 Å². The zero-order valence-electron chi connectivity index (χ0n) is 16.8. The van der Waals surface area contributed by atoms with Crippen LogP contribution in [0.4, 0.5) is 5.69 Å². The Morgan fingerprint density at radius 1 is 1.17 bits per heavy atom. The molecule has 0 aromatic heterocycles. The summed E-state index contributed by atoms with van der Waals surface area (Å²) in [7, 11) is 4.02.